The summed E-state index contributed by atoms with van der Waals surface area (Å²) in [6.45, 7) is 7.89. The summed E-state index contributed by atoms with van der Waals surface area (Å²) < 4.78 is 11.1. The second kappa shape index (κ2) is 12.8. The van der Waals surface area contributed by atoms with Crippen LogP contribution >= 0.6 is 22.9 Å². The number of rotatable bonds is 7. The van der Waals surface area contributed by atoms with Crippen molar-refractivity contribution in [2.75, 3.05) is 39.1 Å². The summed E-state index contributed by atoms with van der Waals surface area (Å²) in [7, 11) is 3.51. The summed E-state index contributed by atoms with van der Waals surface area (Å²) in [5, 5.41) is 4.06. The maximum Gasteiger partial charge on any atom is 0.310 e. The smallest absolute Gasteiger partial charge is 0.310 e. The van der Waals surface area contributed by atoms with Gasteiger partial charge in [0.15, 0.2) is 10.6 Å². The number of carbonyl (C=O) groups is 2. The van der Waals surface area contributed by atoms with Gasteiger partial charge in [0.2, 0.25) is 5.89 Å². The Bertz CT molecular complexity index is 2020. The predicted octanol–water partition coefficient (Wildman–Crippen LogP) is 6.52. The predicted molar refractivity (Wildman–Crippen MR) is 183 cm³/mol. The highest BCUT2D eigenvalue weighted by Crippen LogP contribution is 2.37. The number of anilines is 1. The molecular formula is C35H35ClN6O4S. The number of amides is 1. The van der Waals surface area contributed by atoms with Gasteiger partial charge in [-0.15, -0.1) is 11.3 Å². The molecule has 2 aromatic carbocycles. The largest absolute Gasteiger partial charge is 0.469 e. The van der Waals surface area contributed by atoms with E-state index in [9.17, 15) is 9.59 Å². The van der Waals surface area contributed by atoms with E-state index in [0.717, 1.165) is 82.1 Å². The molecule has 0 aliphatic carbocycles. The molecule has 7 rings (SSSR count). The maximum atomic E-state index is 13.3. The zero-order valence-electron chi connectivity index (χ0n) is 26.7. The highest BCUT2D eigenvalue weighted by Gasteiger charge is 2.29. The van der Waals surface area contributed by atoms with Crippen molar-refractivity contribution in [3.8, 4) is 22.6 Å². The Morgan fingerprint density at radius 3 is 2.77 bits per heavy atom. The number of nitrogens with one attached hydrogen (secondary N) is 1. The molecule has 0 radical (unpaired) electrons. The first kappa shape index (κ1) is 31.4. The van der Waals surface area contributed by atoms with Crippen molar-refractivity contribution in [3.05, 3.63) is 80.0 Å². The Kier molecular flexibility index (Phi) is 8.56. The number of carbonyl (C=O) groups excluding carboxylic acids is 2. The summed E-state index contributed by atoms with van der Waals surface area (Å²) in [6, 6.07) is 9.74. The maximum absolute atomic E-state index is 13.3. The molecule has 10 nitrogen and oxygen atoms in total. The fourth-order valence-corrected chi connectivity index (χ4v) is 7.88. The van der Waals surface area contributed by atoms with Gasteiger partial charge in [-0.3, -0.25) is 19.5 Å². The van der Waals surface area contributed by atoms with E-state index < -0.39 is 0 Å². The van der Waals surface area contributed by atoms with Crippen LogP contribution < -0.4 is 5.32 Å². The van der Waals surface area contributed by atoms with Crippen molar-refractivity contribution in [1.82, 2.24) is 24.8 Å². The van der Waals surface area contributed by atoms with Crippen LogP contribution in [-0.4, -0.2) is 70.4 Å². The van der Waals surface area contributed by atoms with Crippen LogP contribution in [0.1, 0.15) is 43.5 Å². The molecule has 3 aromatic heterocycles. The van der Waals surface area contributed by atoms with E-state index in [1.54, 1.807) is 6.20 Å². The minimum atomic E-state index is -0.202. The third-order valence-electron chi connectivity index (χ3n) is 9.15. The molecule has 12 heteroatoms. The van der Waals surface area contributed by atoms with E-state index in [4.69, 9.17) is 25.7 Å². The van der Waals surface area contributed by atoms with Gasteiger partial charge in [-0.05, 0) is 74.3 Å². The van der Waals surface area contributed by atoms with Crippen LogP contribution in [0.4, 0.5) is 5.69 Å². The van der Waals surface area contributed by atoms with Gasteiger partial charge in [-0.2, -0.15) is 0 Å². The number of esters is 1. The molecule has 2 aliphatic rings. The van der Waals surface area contributed by atoms with Gasteiger partial charge in [0.25, 0.3) is 5.91 Å². The first-order valence-electron chi connectivity index (χ1n) is 15.6. The number of methoxy groups -OCH3 is 1. The Balaban J connectivity index is 1.13. The number of aromatic nitrogens is 3. The lowest BCUT2D eigenvalue weighted by molar-refractivity contribution is -0.144. The summed E-state index contributed by atoms with van der Waals surface area (Å²) in [6.07, 6.45) is 5.21. The average molecular weight is 671 g/mol. The second-order valence-corrected chi connectivity index (χ2v) is 13.8. The lowest BCUT2D eigenvalue weighted by Crippen LogP contribution is -2.25. The van der Waals surface area contributed by atoms with Crippen molar-refractivity contribution >= 4 is 51.6 Å². The molecule has 0 bridgehead atoms. The Hall–Kier alpha value is -4.16. The number of likely N-dealkylation sites (tertiary alicyclic amines) is 1. The SMILES string of the molecule is COC(=O)[C@@H]1CCN(Cc2cc(Cl)c3oc(-c4cncc(-c5cccc(NC(=O)c6nc7c(s6)CN(C)CC7)c5C)c4C)nc3c2)C1. The molecule has 1 fully saturated rings. The van der Waals surface area contributed by atoms with E-state index in [-0.39, 0.29) is 17.8 Å². The second-order valence-electron chi connectivity index (χ2n) is 12.4. The third kappa shape index (κ3) is 6.16. The number of likely N-dealkylation sites (N-methyl/N-ethyl adjacent to an activating group) is 1. The number of oxazole rings is 1. The van der Waals surface area contributed by atoms with Gasteiger partial charge in [0.1, 0.15) is 5.52 Å². The number of halogens is 1. The monoisotopic (exact) mass is 670 g/mol. The van der Waals surface area contributed by atoms with Crippen molar-refractivity contribution in [3.63, 3.8) is 0 Å². The fourth-order valence-electron chi connectivity index (χ4n) is 6.52. The number of thiazole rings is 1. The first-order chi connectivity index (χ1) is 22.7. The van der Waals surface area contributed by atoms with E-state index in [0.29, 0.717) is 40.1 Å². The zero-order valence-corrected chi connectivity index (χ0v) is 28.3. The van der Waals surface area contributed by atoms with E-state index in [1.165, 1.54) is 18.4 Å². The molecule has 47 heavy (non-hydrogen) atoms. The highest BCUT2D eigenvalue weighted by atomic mass is 35.5. The molecule has 0 unspecified atom stereocenters. The van der Waals surface area contributed by atoms with Crippen LogP contribution in [0.25, 0.3) is 33.7 Å². The van der Waals surface area contributed by atoms with Gasteiger partial charge in [-0.25, -0.2) is 9.97 Å². The Labute approximate surface area is 281 Å². The summed E-state index contributed by atoms with van der Waals surface area (Å²) in [5.74, 6) is -0.0426. The van der Waals surface area contributed by atoms with Gasteiger partial charge < -0.3 is 19.4 Å². The number of hydrogen-bond donors (Lipinski definition) is 1. The van der Waals surface area contributed by atoms with Crippen LogP contribution in [0.3, 0.4) is 0 Å². The topological polar surface area (TPSA) is 114 Å². The minimum absolute atomic E-state index is 0.105. The number of nitrogens with zero attached hydrogens (tertiary/aromatic N) is 5. The molecule has 0 saturated carbocycles. The molecule has 1 saturated heterocycles. The minimum Gasteiger partial charge on any atom is -0.469 e. The quantitative estimate of drug-likeness (QED) is 0.193. The molecule has 5 aromatic rings. The van der Waals surface area contributed by atoms with Crippen LogP contribution in [0.2, 0.25) is 5.02 Å². The molecule has 2 aliphatic heterocycles. The van der Waals surface area contributed by atoms with E-state index in [1.807, 2.05) is 50.4 Å². The molecule has 242 valence electrons. The number of benzene rings is 2. The molecule has 0 spiro atoms. The van der Waals surface area contributed by atoms with E-state index in [2.05, 4.69) is 32.1 Å². The first-order valence-corrected chi connectivity index (χ1v) is 16.8. The molecule has 1 N–H and O–H groups in total. The number of hydrogen-bond acceptors (Lipinski definition) is 10. The van der Waals surface area contributed by atoms with Crippen molar-refractivity contribution in [2.45, 2.75) is 39.8 Å². The Morgan fingerprint density at radius 1 is 1.11 bits per heavy atom. The van der Waals surface area contributed by atoms with E-state index >= 15 is 0 Å². The van der Waals surface area contributed by atoms with Crippen LogP contribution in [0.5, 0.6) is 0 Å². The number of pyridine rings is 1. The third-order valence-corrected chi connectivity index (χ3v) is 10.5. The van der Waals surface area contributed by atoms with Crippen molar-refractivity contribution < 1.29 is 18.7 Å². The highest BCUT2D eigenvalue weighted by molar-refractivity contribution is 7.13. The molecular weight excluding hydrogens is 636 g/mol. The van der Waals surface area contributed by atoms with Crippen LogP contribution in [0.15, 0.2) is 47.1 Å². The summed E-state index contributed by atoms with van der Waals surface area (Å²) in [5.41, 5.74) is 8.39. The molecule has 1 atom stereocenters. The molecule has 1 amide bonds. The fraction of sp³-hybridized carbons (Fsp3) is 0.343. The lowest BCUT2D eigenvalue weighted by Gasteiger charge is -2.20. The van der Waals surface area contributed by atoms with Crippen molar-refractivity contribution in [2.24, 2.45) is 5.92 Å². The molecule has 5 heterocycles. The standard InChI is InChI=1S/C35H35ClN6O4S/c1-19-24(23-6-5-7-27(20(23)2)38-32(43)34-40-28-9-10-41(3)18-30(28)47-34)14-37-15-25(19)33-39-29-13-21(12-26(36)31(29)46-33)16-42-11-8-22(17-42)35(44)45-4/h5-7,12-15,22H,8-11,16-18H2,1-4H3,(H,38,43)/t22-/m1/s1. The van der Waals surface area contributed by atoms with Gasteiger partial charge in [0.05, 0.1) is 29.3 Å². The van der Waals surface area contributed by atoms with Crippen LogP contribution in [0, 0.1) is 19.8 Å². The number of ether oxygens (including phenoxy) is 1. The van der Waals surface area contributed by atoms with Gasteiger partial charge >= 0.3 is 5.97 Å². The van der Waals surface area contributed by atoms with Crippen molar-refractivity contribution in [1.29, 1.82) is 0 Å². The Morgan fingerprint density at radius 2 is 1.94 bits per heavy atom. The summed E-state index contributed by atoms with van der Waals surface area (Å²) in [4.78, 5) is 44.9. The lowest BCUT2D eigenvalue weighted by atomic mass is 9.95. The zero-order chi connectivity index (χ0) is 32.8. The summed E-state index contributed by atoms with van der Waals surface area (Å²) >= 11 is 8.16. The van der Waals surface area contributed by atoms with Gasteiger partial charge in [-0.1, -0.05) is 23.7 Å². The van der Waals surface area contributed by atoms with Crippen LogP contribution in [-0.2, 0) is 29.0 Å². The average Bonchev–Trinajstić information content (AvgIpc) is 3.81. The normalized spacial score (nSPS) is 16.8. The number of fused-ring (bicyclic) bond motifs is 2. The van der Waals surface area contributed by atoms with Gasteiger partial charge in [0, 0.05) is 61.1 Å².